The number of ether oxygens (including phenoxy) is 3. The number of rotatable bonds is 12. The van der Waals surface area contributed by atoms with E-state index in [1.54, 1.807) is 44.2 Å². The van der Waals surface area contributed by atoms with Crippen LogP contribution in [0.25, 0.3) is 0 Å². The second kappa shape index (κ2) is 12.9. The number of esters is 1. The van der Waals surface area contributed by atoms with E-state index in [2.05, 4.69) is 19.2 Å². The van der Waals surface area contributed by atoms with Crippen molar-refractivity contribution in [1.82, 2.24) is 5.32 Å². The van der Waals surface area contributed by atoms with E-state index in [-0.39, 0.29) is 41.8 Å². The Morgan fingerprint density at radius 3 is 2.31 bits per heavy atom. The quantitative estimate of drug-likeness (QED) is 0.143. The molecule has 2 rings (SSSR count). The van der Waals surface area contributed by atoms with Gasteiger partial charge in [-0.05, 0) is 48.9 Å². The van der Waals surface area contributed by atoms with E-state index in [9.17, 15) is 14.0 Å². The molecule has 0 saturated heterocycles. The first-order valence-corrected chi connectivity index (χ1v) is 11.8. The molecule has 0 spiro atoms. The number of methoxy groups -OCH3 is 2. The molecule has 0 radical (unpaired) electrons. The SMILES string of the molecule is CCOC(=O)/C(=C\N[C@H](CC)C(C)C)C(=O)c1cc(Cc2cccc(C)c2F)c(OC)cc1OC. The van der Waals surface area contributed by atoms with Crippen molar-refractivity contribution in [2.24, 2.45) is 5.92 Å². The van der Waals surface area contributed by atoms with Crippen LogP contribution in [0.1, 0.15) is 61.2 Å². The lowest BCUT2D eigenvalue weighted by Crippen LogP contribution is -2.31. The first-order chi connectivity index (χ1) is 16.7. The number of hydrogen-bond acceptors (Lipinski definition) is 6. The zero-order chi connectivity index (χ0) is 26.1. The standard InChI is InChI=1S/C28H36FNO5/c1-8-23(17(3)4)30-16-22(28(32)35-9-2)27(31)21-14-20(24(33-6)15-25(21)34-7)13-19-12-10-11-18(5)26(19)29/h10-12,14-17,23,30H,8-9,13H2,1-7H3/b22-16-/t23-/m1/s1. The molecule has 35 heavy (non-hydrogen) atoms. The fourth-order valence-electron chi connectivity index (χ4n) is 3.87. The molecule has 0 fully saturated rings. The number of Topliss-reactive ketones (excluding diaryl/α,β-unsaturated/α-hetero) is 1. The monoisotopic (exact) mass is 485 g/mol. The first-order valence-electron chi connectivity index (χ1n) is 11.8. The maximum absolute atomic E-state index is 14.7. The fraction of sp³-hybridized carbons (Fsp3) is 0.429. The summed E-state index contributed by atoms with van der Waals surface area (Å²) in [7, 11) is 2.93. The molecule has 0 bridgehead atoms. The first kappa shape index (κ1) is 27.9. The molecule has 2 aromatic rings. The van der Waals surface area contributed by atoms with Gasteiger partial charge in [0.15, 0.2) is 0 Å². The number of hydrogen-bond donors (Lipinski definition) is 1. The summed E-state index contributed by atoms with van der Waals surface area (Å²) in [5.41, 5.74) is 1.61. The van der Waals surface area contributed by atoms with Gasteiger partial charge in [0.2, 0.25) is 5.78 Å². The summed E-state index contributed by atoms with van der Waals surface area (Å²) in [5, 5.41) is 3.19. The Kier molecular flexibility index (Phi) is 10.3. The molecule has 0 amide bonds. The Morgan fingerprint density at radius 1 is 1.06 bits per heavy atom. The summed E-state index contributed by atoms with van der Waals surface area (Å²) < 4.78 is 30.8. The molecule has 0 aromatic heterocycles. The molecule has 1 N–H and O–H groups in total. The number of aryl methyl sites for hydroxylation is 1. The van der Waals surface area contributed by atoms with Crippen molar-refractivity contribution in [3.63, 3.8) is 0 Å². The largest absolute Gasteiger partial charge is 0.496 e. The molecule has 1 atom stereocenters. The van der Waals surface area contributed by atoms with Crippen LogP contribution in [-0.2, 0) is 16.0 Å². The van der Waals surface area contributed by atoms with Gasteiger partial charge in [-0.1, -0.05) is 39.0 Å². The Balaban J connectivity index is 2.58. The van der Waals surface area contributed by atoms with E-state index in [1.165, 1.54) is 20.4 Å². The number of halogens is 1. The van der Waals surface area contributed by atoms with Gasteiger partial charge in [-0.2, -0.15) is 0 Å². The molecule has 0 unspecified atom stereocenters. The highest BCUT2D eigenvalue weighted by molar-refractivity contribution is 6.25. The van der Waals surface area contributed by atoms with Crippen LogP contribution in [0.5, 0.6) is 11.5 Å². The van der Waals surface area contributed by atoms with Crippen LogP contribution < -0.4 is 14.8 Å². The smallest absolute Gasteiger partial charge is 0.343 e. The summed E-state index contributed by atoms with van der Waals surface area (Å²) in [6.07, 6.45) is 2.44. The Labute approximate surface area is 207 Å². The average Bonchev–Trinajstić information content (AvgIpc) is 2.83. The molecule has 0 aliphatic rings. The molecule has 190 valence electrons. The van der Waals surface area contributed by atoms with Crippen LogP contribution in [-0.4, -0.2) is 38.6 Å². The Hall–Kier alpha value is -3.35. The molecule has 2 aromatic carbocycles. The number of ketones is 1. The van der Waals surface area contributed by atoms with Gasteiger partial charge < -0.3 is 19.5 Å². The van der Waals surface area contributed by atoms with Gasteiger partial charge in [-0.25, -0.2) is 9.18 Å². The predicted molar refractivity (Wildman–Crippen MR) is 135 cm³/mol. The predicted octanol–water partition coefficient (Wildman–Crippen LogP) is 5.40. The fourth-order valence-corrected chi connectivity index (χ4v) is 3.87. The highest BCUT2D eigenvalue weighted by Gasteiger charge is 2.26. The minimum atomic E-state index is -0.729. The van der Waals surface area contributed by atoms with Crippen molar-refractivity contribution in [2.45, 2.75) is 53.5 Å². The zero-order valence-electron chi connectivity index (χ0n) is 21.7. The third kappa shape index (κ3) is 6.84. The normalized spacial score (nSPS) is 12.3. The van der Waals surface area contributed by atoms with Crippen LogP contribution in [0.3, 0.4) is 0 Å². The number of benzene rings is 2. The van der Waals surface area contributed by atoms with E-state index >= 15 is 0 Å². The van der Waals surface area contributed by atoms with Crippen LogP contribution in [0.2, 0.25) is 0 Å². The van der Waals surface area contributed by atoms with E-state index in [1.807, 2.05) is 6.92 Å². The number of carbonyl (C=O) groups is 2. The third-order valence-corrected chi connectivity index (χ3v) is 5.93. The van der Waals surface area contributed by atoms with Gasteiger partial charge in [-0.15, -0.1) is 0 Å². The molecular weight excluding hydrogens is 449 g/mol. The summed E-state index contributed by atoms with van der Waals surface area (Å²) in [4.78, 5) is 26.4. The van der Waals surface area contributed by atoms with Crippen molar-refractivity contribution < 1.29 is 28.2 Å². The van der Waals surface area contributed by atoms with Crippen LogP contribution in [0.4, 0.5) is 4.39 Å². The molecule has 0 aliphatic heterocycles. The van der Waals surface area contributed by atoms with Crippen LogP contribution in [0.15, 0.2) is 42.1 Å². The minimum absolute atomic E-state index is 0.0739. The molecule has 0 aliphatic carbocycles. The Bertz CT molecular complexity index is 1080. The Morgan fingerprint density at radius 2 is 1.74 bits per heavy atom. The average molecular weight is 486 g/mol. The maximum Gasteiger partial charge on any atom is 0.343 e. The molecule has 0 heterocycles. The van der Waals surface area contributed by atoms with Gasteiger partial charge in [0.1, 0.15) is 22.9 Å². The van der Waals surface area contributed by atoms with E-state index < -0.39 is 11.8 Å². The molecule has 6 nitrogen and oxygen atoms in total. The van der Waals surface area contributed by atoms with Gasteiger partial charge >= 0.3 is 5.97 Å². The number of nitrogens with one attached hydrogen (secondary N) is 1. The van der Waals surface area contributed by atoms with Gasteiger partial charge in [-0.3, -0.25) is 4.79 Å². The lowest BCUT2D eigenvalue weighted by atomic mass is 9.95. The summed E-state index contributed by atoms with van der Waals surface area (Å²) in [6.45, 7) is 9.65. The van der Waals surface area contributed by atoms with Crippen LogP contribution >= 0.6 is 0 Å². The number of carbonyl (C=O) groups excluding carboxylic acids is 2. The summed E-state index contributed by atoms with van der Waals surface area (Å²) >= 11 is 0. The molecule has 0 saturated carbocycles. The second-order valence-electron chi connectivity index (χ2n) is 8.62. The molecule has 7 heteroatoms. The molecular formula is C28H36FNO5. The minimum Gasteiger partial charge on any atom is -0.496 e. The highest BCUT2D eigenvalue weighted by atomic mass is 19.1. The zero-order valence-corrected chi connectivity index (χ0v) is 21.7. The van der Waals surface area contributed by atoms with Crippen molar-refractivity contribution in [3.05, 3.63) is 70.2 Å². The third-order valence-electron chi connectivity index (χ3n) is 5.93. The second-order valence-corrected chi connectivity index (χ2v) is 8.62. The van der Waals surface area contributed by atoms with Crippen molar-refractivity contribution in [1.29, 1.82) is 0 Å². The van der Waals surface area contributed by atoms with Gasteiger partial charge in [0.05, 0.1) is 26.4 Å². The van der Waals surface area contributed by atoms with Gasteiger partial charge in [0, 0.05) is 24.7 Å². The topological polar surface area (TPSA) is 73.9 Å². The van der Waals surface area contributed by atoms with E-state index in [0.717, 1.165) is 6.42 Å². The van der Waals surface area contributed by atoms with Gasteiger partial charge in [0.25, 0.3) is 0 Å². The summed E-state index contributed by atoms with van der Waals surface area (Å²) in [5.74, 6) is -0.612. The van der Waals surface area contributed by atoms with E-state index in [4.69, 9.17) is 14.2 Å². The highest BCUT2D eigenvalue weighted by Crippen LogP contribution is 2.33. The lowest BCUT2D eigenvalue weighted by Gasteiger charge is -2.20. The lowest BCUT2D eigenvalue weighted by molar-refractivity contribution is -0.138. The van der Waals surface area contributed by atoms with Crippen molar-refractivity contribution in [3.8, 4) is 11.5 Å². The van der Waals surface area contributed by atoms with Crippen molar-refractivity contribution >= 4 is 11.8 Å². The summed E-state index contributed by atoms with van der Waals surface area (Å²) in [6, 6.07) is 8.41. The van der Waals surface area contributed by atoms with Crippen molar-refractivity contribution in [2.75, 3.05) is 20.8 Å². The van der Waals surface area contributed by atoms with Crippen LogP contribution in [0, 0.1) is 18.7 Å². The van der Waals surface area contributed by atoms with E-state index in [0.29, 0.717) is 28.4 Å². The maximum atomic E-state index is 14.7.